The van der Waals surface area contributed by atoms with Crippen molar-refractivity contribution < 1.29 is 14.1 Å². The molecular formula is C18H12N2O3. The van der Waals surface area contributed by atoms with Crippen molar-refractivity contribution in [1.82, 2.24) is 5.16 Å². The molecule has 0 unspecified atom stereocenters. The van der Waals surface area contributed by atoms with Gasteiger partial charge in [-0.05, 0) is 25.1 Å². The van der Waals surface area contributed by atoms with E-state index in [4.69, 9.17) is 14.5 Å². The Hall–Kier alpha value is -3.39. The Morgan fingerprint density at radius 1 is 1.17 bits per heavy atom. The van der Waals surface area contributed by atoms with E-state index in [1.807, 2.05) is 36.4 Å². The second-order valence-corrected chi connectivity index (χ2v) is 4.86. The highest BCUT2D eigenvalue weighted by Crippen LogP contribution is 2.26. The van der Waals surface area contributed by atoms with Crippen molar-refractivity contribution in [3.63, 3.8) is 0 Å². The predicted molar refractivity (Wildman–Crippen MR) is 82.8 cm³/mol. The van der Waals surface area contributed by atoms with Crippen LogP contribution in [0.1, 0.15) is 21.7 Å². The number of hydrogen-bond donors (Lipinski definition) is 0. The molecule has 0 spiro atoms. The van der Waals surface area contributed by atoms with Crippen molar-refractivity contribution in [2.45, 2.75) is 6.92 Å². The summed E-state index contributed by atoms with van der Waals surface area (Å²) in [6.07, 6.45) is 0. The van der Waals surface area contributed by atoms with Crippen molar-refractivity contribution in [3.8, 4) is 23.1 Å². The third-order valence-electron chi connectivity index (χ3n) is 3.29. The Balaban J connectivity index is 1.94. The molecule has 112 valence electrons. The number of esters is 1. The van der Waals surface area contributed by atoms with Crippen LogP contribution in [0.25, 0.3) is 11.3 Å². The average Bonchev–Trinajstić information content (AvgIpc) is 2.97. The number of rotatable bonds is 3. The lowest BCUT2D eigenvalue weighted by Gasteiger charge is -2.05. The first-order chi connectivity index (χ1) is 11.2. The third-order valence-corrected chi connectivity index (χ3v) is 3.29. The number of hydrogen-bond acceptors (Lipinski definition) is 5. The summed E-state index contributed by atoms with van der Waals surface area (Å²) in [6, 6.07) is 17.7. The summed E-state index contributed by atoms with van der Waals surface area (Å²) in [4.78, 5) is 12.5. The normalized spacial score (nSPS) is 10.1. The summed E-state index contributed by atoms with van der Waals surface area (Å²) >= 11 is 0. The number of carbonyl (C=O) groups is 1. The molecule has 1 heterocycles. The van der Waals surface area contributed by atoms with Gasteiger partial charge in [0.05, 0.1) is 11.6 Å². The van der Waals surface area contributed by atoms with E-state index in [-0.39, 0.29) is 5.56 Å². The molecule has 0 fully saturated rings. The van der Waals surface area contributed by atoms with Crippen LogP contribution < -0.4 is 4.74 Å². The quantitative estimate of drug-likeness (QED) is 0.544. The van der Waals surface area contributed by atoms with E-state index in [0.717, 1.165) is 5.56 Å². The van der Waals surface area contributed by atoms with Gasteiger partial charge in [-0.1, -0.05) is 41.6 Å². The van der Waals surface area contributed by atoms with Gasteiger partial charge in [-0.15, -0.1) is 0 Å². The molecule has 3 aromatic rings. The van der Waals surface area contributed by atoms with E-state index in [2.05, 4.69) is 5.16 Å². The fraction of sp³-hybridized carbons (Fsp3) is 0.0556. The fourth-order valence-electron chi connectivity index (χ4n) is 2.19. The van der Waals surface area contributed by atoms with Gasteiger partial charge in [-0.3, -0.25) is 0 Å². The van der Waals surface area contributed by atoms with Crippen LogP contribution in [0.3, 0.4) is 0 Å². The molecule has 0 aliphatic heterocycles. The molecule has 5 nitrogen and oxygen atoms in total. The Bertz CT molecular complexity index is 892. The van der Waals surface area contributed by atoms with Crippen molar-refractivity contribution in [2.24, 2.45) is 0 Å². The Morgan fingerprint density at radius 3 is 2.70 bits per heavy atom. The SMILES string of the molecule is Cc1onc(-c2ccccc2)c1C(=O)Oc1cccc(C#N)c1. The molecule has 0 aliphatic carbocycles. The lowest BCUT2D eigenvalue weighted by atomic mass is 10.1. The Morgan fingerprint density at radius 2 is 1.96 bits per heavy atom. The average molecular weight is 304 g/mol. The second-order valence-electron chi connectivity index (χ2n) is 4.86. The topological polar surface area (TPSA) is 76.1 Å². The summed E-state index contributed by atoms with van der Waals surface area (Å²) in [7, 11) is 0. The van der Waals surface area contributed by atoms with E-state index in [9.17, 15) is 4.79 Å². The van der Waals surface area contributed by atoms with Crippen LogP contribution >= 0.6 is 0 Å². The molecule has 0 radical (unpaired) electrons. The van der Waals surface area contributed by atoms with E-state index in [1.54, 1.807) is 25.1 Å². The summed E-state index contributed by atoms with van der Waals surface area (Å²) in [6.45, 7) is 1.65. The first-order valence-corrected chi connectivity index (χ1v) is 6.93. The number of aromatic nitrogens is 1. The monoisotopic (exact) mass is 304 g/mol. The molecule has 0 saturated carbocycles. The lowest BCUT2D eigenvalue weighted by molar-refractivity contribution is 0.0733. The van der Waals surface area contributed by atoms with Gasteiger partial charge >= 0.3 is 5.97 Å². The van der Waals surface area contributed by atoms with Crippen LogP contribution in [0.2, 0.25) is 0 Å². The van der Waals surface area contributed by atoms with Crippen molar-refractivity contribution in [3.05, 3.63) is 71.5 Å². The molecule has 1 aromatic heterocycles. The van der Waals surface area contributed by atoms with Gasteiger partial charge in [0.25, 0.3) is 0 Å². The summed E-state index contributed by atoms with van der Waals surface area (Å²) in [5, 5.41) is 12.9. The van der Waals surface area contributed by atoms with Gasteiger partial charge in [-0.2, -0.15) is 5.26 Å². The standard InChI is InChI=1S/C18H12N2O3/c1-12-16(17(20-23-12)14-7-3-2-4-8-14)18(21)22-15-9-5-6-13(10-15)11-19/h2-10H,1H3. The van der Waals surface area contributed by atoms with Crippen molar-refractivity contribution >= 4 is 5.97 Å². The van der Waals surface area contributed by atoms with Gasteiger partial charge in [0.1, 0.15) is 22.8 Å². The Kier molecular flexibility index (Phi) is 3.89. The maximum Gasteiger partial charge on any atom is 0.349 e. The minimum Gasteiger partial charge on any atom is -0.423 e. The maximum atomic E-state index is 12.5. The summed E-state index contributed by atoms with van der Waals surface area (Å²) in [5.41, 5.74) is 1.89. The maximum absolute atomic E-state index is 12.5. The second kappa shape index (κ2) is 6.16. The van der Waals surface area contributed by atoms with Crippen LogP contribution in [-0.4, -0.2) is 11.1 Å². The predicted octanol–water partition coefficient (Wildman–Crippen LogP) is 3.74. The largest absolute Gasteiger partial charge is 0.423 e. The Labute approximate surface area is 132 Å². The van der Waals surface area contributed by atoms with E-state index in [1.165, 1.54) is 6.07 Å². The highest BCUT2D eigenvalue weighted by Gasteiger charge is 2.23. The fourth-order valence-corrected chi connectivity index (χ4v) is 2.19. The zero-order valence-corrected chi connectivity index (χ0v) is 12.3. The lowest BCUT2D eigenvalue weighted by Crippen LogP contribution is -2.10. The summed E-state index contributed by atoms with van der Waals surface area (Å²) < 4.78 is 10.5. The van der Waals surface area contributed by atoms with Gasteiger partial charge in [0.15, 0.2) is 0 Å². The summed E-state index contributed by atoms with van der Waals surface area (Å²) in [5.74, 6) is 0.108. The molecule has 23 heavy (non-hydrogen) atoms. The highest BCUT2D eigenvalue weighted by atomic mass is 16.5. The molecule has 5 heteroatoms. The van der Waals surface area contributed by atoms with E-state index in [0.29, 0.717) is 22.8 Å². The first kappa shape index (κ1) is 14.5. The minimum atomic E-state index is -0.572. The molecule has 3 rings (SSSR count). The molecule has 0 N–H and O–H groups in total. The molecule has 0 amide bonds. The molecule has 0 saturated heterocycles. The first-order valence-electron chi connectivity index (χ1n) is 6.93. The van der Waals surface area contributed by atoms with Crippen LogP contribution in [-0.2, 0) is 0 Å². The highest BCUT2D eigenvalue weighted by molar-refractivity contribution is 5.98. The number of benzene rings is 2. The molecular weight excluding hydrogens is 292 g/mol. The smallest absolute Gasteiger partial charge is 0.349 e. The van der Waals surface area contributed by atoms with E-state index >= 15 is 0 Å². The zero-order valence-electron chi connectivity index (χ0n) is 12.3. The number of ether oxygens (including phenoxy) is 1. The molecule has 0 atom stereocenters. The molecule has 0 bridgehead atoms. The van der Waals surface area contributed by atoms with Gasteiger partial charge in [-0.25, -0.2) is 4.79 Å². The van der Waals surface area contributed by atoms with E-state index < -0.39 is 5.97 Å². The third kappa shape index (κ3) is 2.97. The van der Waals surface area contributed by atoms with Crippen LogP contribution in [0.15, 0.2) is 59.1 Å². The van der Waals surface area contributed by atoms with Crippen molar-refractivity contribution in [1.29, 1.82) is 5.26 Å². The number of carbonyl (C=O) groups excluding carboxylic acids is 1. The van der Waals surface area contributed by atoms with Gasteiger partial charge < -0.3 is 9.26 Å². The van der Waals surface area contributed by atoms with Crippen LogP contribution in [0.5, 0.6) is 5.75 Å². The van der Waals surface area contributed by atoms with Gasteiger partial charge in [0.2, 0.25) is 0 Å². The van der Waals surface area contributed by atoms with Crippen LogP contribution in [0, 0.1) is 18.3 Å². The van der Waals surface area contributed by atoms with Crippen molar-refractivity contribution in [2.75, 3.05) is 0 Å². The molecule has 0 aliphatic rings. The number of nitriles is 1. The van der Waals surface area contributed by atoms with Gasteiger partial charge in [0, 0.05) is 5.56 Å². The van der Waals surface area contributed by atoms with Crippen LogP contribution in [0.4, 0.5) is 0 Å². The zero-order chi connectivity index (χ0) is 16.2. The number of nitrogens with zero attached hydrogens (tertiary/aromatic N) is 2. The molecule has 2 aromatic carbocycles. The number of aryl methyl sites for hydroxylation is 1. The minimum absolute atomic E-state index is 0.276.